The molecule has 0 saturated heterocycles. The lowest BCUT2D eigenvalue weighted by Crippen LogP contribution is -2.32. The Bertz CT molecular complexity index is 265. The van der Waals surface area contributed by atoms with Crippen LogP contribution in [0.5, 0.6) is 0 Å². The molecule has 1 aliphatic rings. The first-order chi connectivity index (χ1) is 5.29. The third-order valence-electron chi connectivity index (χ3n) is 2.53. The average molecular weight is 147 g/mol. The Labute approximate surface area is 67.2 Å². The summed E-state index contributed by atoms with van der Waals surface area (Å²) in [5.41, 5.74) is 8.75. The molecule has 0 fully saturated rings. The van der Waals surface area contributed by atoms with Crippen LogP contribution >= 0.6 is 0 Å². The normalized spacial score (nSPS) is 23.6. The molecule has 0 saturated carbocycles. The molecule has 11 heavy (non-hydrogen) atoms. The molecule has 1 heteroatoms. The van der Waals surface area contributed by atoms with Crippen LogP contribution in [0.15, 0.2) is 24.3 Å². The van der Waals surface area contributed by atoms with Crippen molar-refractivity contribution in [3.63, 3.8) is 0 Å². The minimum Gasteiger partial charge on any atom is -0.327 e. The van der Waals surface area contributed by atoms with Crippen LogP contribution in [-0.4, -0.2) is 6.04 Å². The van der Waals surface area contributed by atoms with Crippen molar-refractivity contribution in [3.05, 3.63) is 35.4 Å². The fourth-order valence-electron chi connectivity index (χ4n) is 1.77. The Hall–Kier alpha value is -0.820. The quantitative estimate of drug-likeness (QED) is 0.642. The van der Waals surface area contributed by atoms with E-state index in [0.29, 0.717) is 12.0 Å². The molecular formula is C10H13N. The Kier molecular flexibility index (Phi) is 1.46. The van der Waals surface area contributed by atoms with Crippen LogP contribution in [0.25, 0.3) is 0 Å². The fourth-order valence-corrected chi connectivity index (χ4v) is 1.77. The number of hydrogen-bond donors (Lipinski definition) is 1. The first kappa shape index (κ1) is 6.86. The van der Waals surface area contributed by atoms with Crippen LogP contribution in [0.3, 0.4) is 0 Å². The second kappa shape index (κ2) is 2.35. The van der Waals surface area contributed by atoms with E-state index in [4.69, 9.17) is 5.73 Å². The van der Waals surface area contributed by atoms with Crippen molar-refractivity contribution in [2.45, 2.75) is 25.3 Å². The summed E-state index contributed by atoms with van der Waals surface area (Å²) < 4.78 is 0. The molecular weight excluding hydrogens is 134 g/mol. The smallest absolute Gasteiger partial charge is 0.00826 e. The van der Waals surface area contributed by atoms with Crippen molar-refractivity contribution >= 4 is 0 Å². The van der Waals surface area contributed by atoms with Crippen LogP contribution in [-0.2, 0) is 6.42 Å². The highest BCUT2D eigenvalue weighted by Gasteiger charge is 2.27. The second-order valence-corrected chi connectivity index (χ2v) is 3.37. The van der Waals surface area contributed by atoms with E-state index in [9.17, 15) is 0 Å². The van der Waals surface area contributed by atoms with Gasteiger partial charge >= 0.3 is 0 Å². The first-order valence-electron chi connectivity index (χ1n) is 4.12. The van der Waals surface area contributed by atoms with E-state index in [0.717, 1.165) is 0 Å². The number of nitrogens with two attached hydrogens (primary N) is 1. The van der Waals surface area contributed by atoms with Gasteiger partial charge in [0.2, 0.25) is 0 Å². The molecule has 1 aliphatic carbocycles. The Morgan fingerprint density at radius 3 is 2.82 bits per heavy atom. The minimum absolute atomic E-state index is 0.310. The minimum atomic E-state index is 0.310. The summed E-state index contributed by atoms with van der Waals surface area (Å²) in [5, 5.41) is 0. The number of hydrogen-bond acceptors (Lipinski definition) is 1. The largest absolute Gasteiger partial charge is 0.327 e. The van der Waals surface area contributed by atoms with E-state index in [1.165, 1.54) is 17.5 Å². The Balaban J connectivity index is 2.29. The van der Waals surface area contributed by atoms with E-state index >= 15 is 0 Å². The van der Waals surface area contributed by atoms with Gasteiger partial charge in [0.15, 0.2) is 0 Å². The molecule has 0 unspecified atom stereocenters. The van der Waals surface area contributed by atoms with Crippen molar-refractivity contribution in [2.75, 3.05) is 0 Å². The first-order valence-corrected chi connectivity index (χ1v) is 4.12. The molecule has 1 aromatic carbocycles. The maximum absolute atomic E-state index is 5.81. The van der Waals surface area contributed by atoms with Gasteiger partial charge in [-0.2, -0.15) is 0 Å². The lowest BCUT2D eigenvalue weighted by molar-refractivity contribution is 0.512. The molecule has 0 bridgehead atoms. The topological polar surface area (TPSA) is 26.0 Å². The van der Waals surface area contributed by atoms with Crippen LogP contribution in [0, 0.1) is 0 Å². The van der Waals surface area contributed by atoms with E-state index < -0.39 is 0 Å². The van der Waals surface area contributed by atoms with Gasteiger partial charge in [-0.3, -0.25) is 0 Å². The predicted octanol–water partition coefficient (Wildman–Crippen LogP) is 1.67. The second-order valence-electron chi connectivity index (χ2n) is 3.37. The zero-order chi connectivity index (χ0) is 7.84. The summed E-state index contributed by atoms with van der Waals surface area (Å²) in [6.07, 6.45) is 1.17. The monoisotopic (exact) mass is 147 g/mol. The summed E-state index contributed by atoms with van der Waals surface area (Å²) in [4.78, 5) is 0. The van der Waals surface area contributed by atoms with Crippen LogP contribution < -0.4 is 5.73 Å². The van der Waals surface area contributed by atoms with E-state index in [1.807, 2.05) is 0 Å². The molecule has 1 aromatic rings. The van der Waals surface area contributed by atoms with Gasteiger partial charge in [-0.25, -0.2) is 0 Å². The van der Waals surface area contributed by atoms with Gasteiger partial charge in [-0.05, 0) is 24.5 Å². The summed E-state index contributed by atoms with van der Waals surface area (Å²) in [5.74, 6) is 0.617. The lowest BCUT2D eigenvalue weighted by Gasteiger charge is -2.32. The summed E-state index contributed by atoms with van der Waals surface area (Å²) in [6.45, 7) is 2.08. The highest BCUT2D eigenvalue weighted by atomic mass is 14.6. The lowest BCUT2D eigenvalue weighted by atomic mass is 9.74. The zero-order valence-corrected chi connectivity index (χ0v) is 6.75. The maximum Gasteiger partial charge on any atom is 0.00826 e. The molecule has 2 rings (SSSR count). The van der Waals surface area contributed by atoms with Gasteiger partial charge < -0.3 is 5.73 Å². The van der Waals surface area contributed by atoms with Crippen LogP contribution in [0.1, 0.15) is 24.0 Å². The third kappa shape index (κ3) is 0.962. The standard InChI is InChI=1S/C10H13N/c1-7(11)10-6-8-4-2-3-5-9(8)10/h2-5,7,10H,6,11H2,1H3/t7-,10-/m1/s1. The molecule has 0 aromatic heterocycles. The predicted molar refractivity (Wildman–Crippen MR) is 46.5 cm³/mol. The van der Waals surface area contributed by atoms with Crippen molar-refractivity contribution in [1.82, 2.24) is 0 Å². The van der Waals surface area contributed by atoms with Gasteiger partial charge in [0.25, 0.3) is 0 Å². The summed E-state index contributed by atoms with van der Waals surface area (Å²) >= 11 is 0. The number of fused-ring (bicyclic) bond motifs is 1. The fraction of sp³-hybridized carbons (Fsp3) is 0.400. The molecule has 0 aliphatic heterocycles. The molecule has 0 amide bonds. The van der Waals surface area contributed by atoms with Gasteiger partial charge in [-0.1, -0.05) is 24.3 Å². The van der Waals surface area contributed by atoms with Crippen LogP contribution in [0.2, 0.25) is 0 Å². The SMILES string of the molecule is C[C@@H](N)[C@H]1Cc2ccccc21. The van der Waals surface area contributed by atoms with Crippen molar-refractivity contribution in [3.8, 4) is 0 Å². The third-order valence-corrected chi connectivity index (χ3v) is 2.53. The molecule has 58 valence electrons. The Morgan fingerprint density at radius 2 is 2.18 bits per heavy atom. The van der Waals surface area contributed by atoms with E-state index in [-0.39, 0.29) is 0 Å². The number of benzene rings is 1. The van der Waals surface area contributed by atoms with E-state index in [2.05, 4.69) is 31.2 Å². The van der Waals surface area contributed by atoms with Crippen molar-refractivity contribution in [2.24, 2.45) is 5.73 Å². The molecule has 1 nitrogen and oxygen atoms in total. The molecule has 0 spiro atoms. The highest BCUT2D eigenvalue weighted by Crippen LogP contribution is 2.36. The van der Waals surface area contributed by atoms with Crippen LogP contribution in [0.4, 0.5) is 0 Å². The van der Waals surface area contributed by atoms with Gasteiger partial charge in [-0.15, -0.1) is 0 Å². The highest BCUT2D eigenvalue weighted by molar-refractivity contribution is 5.40. The Morgan fingerprint density at radius 1 is 1.45 bits per heavy atom. The van der Waals surface area contributed by atoms with Gasteiger partial charge in [0.05, 0.1) is 0 Å². The van der Waals surface area contributed by atoms with E-state index in [1.54, 1.807) is 0 Å². The molecule has 2 atom stereocenters. The van der Waals surface area contributed by atoms with Crippen molar-refractivity contribution in [1.29, 1.82) is 0 Å². The average Bonchev–Trinajstić information content (AvgIpc) is 1.90. The molecule has 0 heterocycles. The van der Waals surface area contributed by atoms with Crippen molar-refractivity contribution < 1.29 is 0 Å². The zero-order valence-electron chi connectivity index (χ0n) is 6.75. The van der Waals surface area contributed by atoms with Gasteiger partial charge in [0, 0.05) is 12.0 Å². The summed E-state index contributed by atoms with van der Waals surface area (Å²) in [7, 11) is 0. The van der Waals surface area contributed by atoms with Gasteiger partial charge in [0.1, 0.15) is 0 Å². The number of rotatable bonds is 1. The maximum atomic E-state index is 5.81. The molecule has 0 radical (unpaired) electrons. The molecule has 2 N–H and O–H groups in total. The summed E-state index contributed by atoms with van der Waals surface area (Å²) in [6, 6.07) is 8.87.